The van der Waals surface area contributed by atoms with Gasteiger partial charge < -0.3 is 19.8 Å². The smallest absolute Gasteiger partial charge is 0.247 e. The average molecular weight is 613 g/mol. The van der Waals surface area contributed by atoms with Crippen molar-refractivity contribution in [1.29, 1.82) is 0 Å². The minimum atomic E-state index is -0.770. The summed E-state index contributed by atoms with van der Waals surface area (Å²) in [7, 11) is 1.74. The Kier molecular flexibility index (Phi) is 9.26. The van der Waals surface area contributed by atoms with Crippen molar-refractivity contribution < 1.29 is 19.5 Å². The van der Waals surface area contributed by atoms with E-state index in [4.69, 9.17) is 0 Å². The van der Waals surface area contributed by atoms with Crippen LogP contribution < -0.4 is 0 Å². The van der Waals surface area contributed by atoms with Crippen molar-refractivity contribution in [3.05, 3.63) is 25.3 Å². The van der Waals surface area contributed by atoms with Gasteiger partial charge in [-0.05, 0) is 38.5 Å². The lowest BCUT2D eigenvalue weighted by Gasteiger charge is -2.46. The zero-order valence-electron chi connectivity index (χ0n) is 24.1. The van der Waals surface area contributed by atoms with Gasteiger partial charge in [0.15, 0.2) is 0 Å². The molecule has 9 heteroatoms. The van der Waals surface area contributed by atoms with Crippen LogP contribution in [0.4, 0.5) is 0 Å². The summed E-state index contributed by atoms with van der Waals surface area (Å²) in [5, 5.41) is 10.2. The molecular formula is C29H46BrN3O4S. The number of likely N-dealkylation sites (N-methyl/N-ethyl adjacent to an activating group) is 1. The number of carbonyl (C=O) groups is 3. The number of rotatable bonds is 11. The fraction of sp³-hybridized carbons (Fsp3) is 0.759. The number of amides is 3. The van der Waals surface area contributed by atoms with E-state index < -0.39 is 34.2 Å². The molecule has 3 unspecified atom stereocenters. The molecule has 7 atom stereocenters. The quantitative estimate of drug-likeness (QED) is 0.281. The topological polar surface area (TPSA) is 81.2 Å². The lowest BCUT2D eigenvalue weighted by atomic mass is 9.70. The van der Waals surface area contributed by atoms with Gasteiger partial charge in [0.1, 0.15) is 6.04 Å². The van der Waals surface area contributed by atoms with Gasteiger partial charge in [-0.25, -0.2) is 0 Å². The molecule has 2 bridgehead atoms. The molecule has 0 aromatic heterocycles. The molecule has 0 saturated carbocycles. The van der Waals surface area contributed by atoms with Crippen molar-refractivity contribution in [2.45, 2.75) is 93.3 Å². The van der Waals surface area contributed by atoms with Gasteiger partial charge in [0.05, 0.1) is 29.2 Å². The average Bonchev–Trinajstić information content (AvgIpc) is 3.40. The van der Waals surface area contributed by atoms with Crippen LogP contribution in [0.2, 0.25) is 0 Å². The highest BCUT2D eigenvalue weighted by molar-refractivity contribution is 9.09. The molecule has 3 aliphatic rings. The molecule has 0 aromatic carbocycles. The van der Waals surface area contributed by atoms with Gasteiger partial charge >= 0.3 is 0 Å². The molecule has 1 N–H and O–H groups in total. The zero-order chi connectivity index (χ0) is 28.8. The Balaban J connectivity index is 2.16. The molecule has 0 aliphatic carbocycles. The Labute approximate surface area is 241 Å². The molecule has 0 aromatic rings. The number of thioether (sulfide) groups is 1. The van der Waals surface area contributed by atoms with E-state index >= 15 is 0 Å². The molecule has 3 fully saturated rings. The van der Waals surface area contributed by atoms with Gasteiger partial charge in [0.2, 0.25) is 17.7 Å². The van der Waals surface area contributed by atoms with Crippen LogP contribution in [0.3, 0.4) is 0 Å². The Morgan fingerprint density at radius 2 is 1.82 bits per heavy atom. The minimum absolute atomic E-state index is 0.00234. The first-order chi connectivity index (χ1) is 17.6. The predicted molar refractivity (Wildman–Crippen MR) is 158 cm³/mol. The normalized spacial score (nSPS) is 31.2. The van der Waals surface area contributed by atoms with E-state index in [9.17, 15) is 19.5 Å². The summed E-state index contributed by atoms with van der Waals surface area (Å²) in [6.07, 6.45) is 5.31. The van der Waals surface area contributed by atoms with Gasteiger partial charge in [-0.3, -0.25) is 14.4 Å². The largest absolute Gasteiger partial charge is 0.394 e. The van der Waals surface area contributed by atoms with Crippen LogP contribution in [-0.2, 0) is 14.4 Å². The minimum Gasteiger partial charge on any atom is -0.394 e. The Morgan fingerprint density at radius 3 is 2.32 bits per heavy atom. The van der Waals surface area contributed by atoms with E-state index in [0.717, 1.165) is 6.42 Å². The number of likely N-dealkylation sites (tertiary alicyclic amines) is 1. The van der Waals surface area contributed by atoms with Crippen LogP contribution in [0.15, 0.2) is 25.3 Å². The molecule has 3 rings (SSSR count). The molecule has 38 heavy (non-hydrogen) atoms. The predicted octanol–water partition coefficient (Wildman–Crippen LogP) is 4.10. The lowest BCUT2D eigenvalue weighted by Crippen LogP contribution is -2.61. The van der Waals surface area contributed by atoms with Crippen molar-refractivity contribution in [2.24, 2.45) is 17.3 Å². The summed E-state index contributed by atoms with van der Waals surface area (Å²) < 4.78 is -0.748. The Morgan fingerprint density at radius 1 is 1.21 bits per heavy atom. The Bertz CT molecular complexity index is 962. The van der Waals surface area contributed by atoms with Crippen LogP contribution in [0.1, 0.15) is 60.8 Å². The van der Waals surface area contributed by atoms with E-state index in [1.807, 2.05) is 11.8 Å². The first kappa shape index (κ1) is 31.2. The van der Waals surface area contributed by atoms with Crippen LogP contribution in [0, 0.1) is 17.3 Å². The summed E-state index contributed by atoms with van der Waals surface area (Å²) in [4.78, 5) is 47.9. The summed E-state index contributed by atoms with van der Waals surface area (Å²) >= 11 is 5.46. The molecular weight excluding hydrogens is 566 g/mol. The Hall–Kier alpha value is -1.32. The highest BCUT2D eigenvalue weighted by Crippen LogP contribution is 2.68. The third kappa shape index (κ3) is 5.24. The molecule has 3 aliphatic heterocycles. The number of carbonyl (C=O) groups excluding carboxylic acids is 3. The van der Waals surface area contributed by atoms with Crippen molar-refractivity contribution >= 4 is 45.4 Å². The fourth-order valence-corrected chi connectivity index (χ4v) is 10.9. The lowest BCUT2D eigenvalue weighted by molar-refractivity contribution is -0.149. The third-order valence-corrected chi connectivity index (χ3v) is 11.6. The van der Waals surface area contributed by atoms with Gasteiger partial charge in [-0.1, -0.05) is 55.8 Å². The van der Waals surface area contributed by atoms with Crippen molar-refractivity contribution in [3.8, 4) is 0 Å². The number of alkyl halides is 1. The maximum atomic E-state index is 14.8. The SMILES string of the molecule is C=CCN(C)C(=O)[C@H]1[C@H]2C(=O)N([C@@H](CC)CO)C(C(=O)N(CC=C)C(C)(C)CC(C)(C)C)C23CC(Br)[C@@H]1S3. The second kappa shape index (κ2) is 11.3. The van der Waals surface area contributed by atoms with Gasteiger partial charge in [-0.15, -0.1) is 24.9 Å². The van der Waals surface area contributed by atoms with E-state index in [0.29, 0.717) is 25.9 Å². The highest BCUT2D eigenvalue weighted by atomic mass is 79.9. The van der Waals surface area contributed by atoms with Crippen molar-refractivity contribution in [3.63, 3.8) is 0 Å². The van der Waals surface area contributed by atoms with Crippen LogP contribution >= 0.6 is 27.7 Å². The van der Waals surface area contributed by atoms with Gasteiger partial charge in [-0.2, -0.15) is 0 Å². The molecule has 7 nitrogen and oxygen atoms in total. The number of fused-ring (bicyclic) bond motifs is 1. The van der Waals surface area contributed by atoms with Crippen LogP contribution in [0.25, 0.3) is 0 Å². The second-order valence-electron chi connectivity index (χ2n) is 12.9. The fourth-order valence-electron chi connectivity index (χ4n) is 7.28. The van der Waals surface area contributed by atoms with Crippen LogP contribution in [0.5, 0.6) is 0 Å². The zero-order valence-corrected chi connectivity index (χ0v) is 26.5. The standard InChI is InChI=1S/C29H46BrN3O4S/c1-10-13-31(9)24(35)20-21-25(36)33(18(12-3)16-34)23(29(21)15-19(30)22(20)38-29)26(37)32(14-11-2)28(7,8)17-27(4,5)6/h10-11,18-23,34H,1-2,12-17H2,3-9H3/t18-,19?,20-,21-,22-,23?,29?/m0/s1. The van der Waals surface area contributed by atoms with Crippen molar-refractivity contribution in [1.82, 2.24) is 14.7 Å². The molecule has 1 spiro atoms. The maximum Gasteiger partial charge on any atom is 0.247 e. The van der Waals surface area contributed by atoms with Crippen molar-refractivity contribution in [2.75, 3.05) is 26.7 Å². The maximum absolute atomic E-state index is 14.8. The number of hydrogen-bond donors (Lipinski definition) is 1. The monoisotopic (exact) mass is 611 g/mol. The van der Waals surface area contributed by atoms with E-state index in [1.54, 1.807) is 40.8 Å². The first-order valence-corrected chi connectivity index (χ1v) is 15.4. The molecule has 3 heterocycles. The third-order valence-electron chi connectivity index (χ3n) is 8.37. The summed E-state index contributed by atoms with van der Waals surface area (Å²) in [5.41, 5.74) is -0.524. The molecule has 0 radical (unpaired) electrons. The number of halogens is 1. The number of nitrogens with zero attached hydrogens (tertiary/aromatic N) is 3. The number of aliphatic hydroxyl groups is 1. The van der Waals surface area contributed by atoms with Gasteiger partial charge in [0.25, 0.3) is 0 Å². The molecule has 3 saturated heterocycles. The van der Waals surface area contributed by atoms with Gasteiger partial charge in [0, 0.05) is 35.8 Å². The molecule has 3 amide bonds. The summed E-state index contributed by atoms with van der Waals surface area (Å²) in [6.45, 7) is 20.7. The number of aliphatic hydroxyl groups excluding tert-OH is 1. The van der Waals surface area contributed by atoms with E-state index in [-0.39, 0.29) is 39.8 Å². The first-order valence-electron chi connectivity index (χ1n) is 13.6. The highest BCUT2D eigenvalue weighted by Gasteiger charge is 2.76. The molecule has 214 valence electrons. The summed E-state index contributed by atoms with van der Waals surface area (Å²) in [6, 6.07) is -1.27. The van der Waals surface area contributed by atoms with Crippen LogP contribution in [-0.4, -0.2) is 96.7 Å². The number of hydrogen-bond acceptors (Lipinski definition) is 5. The summed E-state index contributed by atoms with van der Waals surface area (Å²) in [5.74, 6) is -1.55. The van der Waals surface area contributed by atoms with E-state index in [2.05, 4.69) is 63.7 Å². The van der Waals surface area contributed by atoms with E-state index in [1.165, 1.54) is 0 Å². The second-order valence-corrected chi connectivity index (χ2v) is 15.7.